The topological polar surface area (TPSA) is 69.7 Å². The molecule has 0 bridgehead atoms. The Hall–Kier alpha value is -0.660. The molecule has 2 aliphatic heterocycles. The Kier molecular flexibility index (Phi) is 3.93. The lowest BCUT2D eigenvalue weighted by Crippen LogP contribution is -2.55. The molecule has 2 aliphatic rings. The molecule has 1 atom stereocenters. The highest BCUT2D eigenvalue weighted by molar-refractivity contribution is 7.88. The maximum absolute atomic E-state index is 12.2. The van der Waals surface area contributed by atoms with Gasteiger partial charge in [-0.2, -0.15) is 4.31 Å². The van der Waals surface area contributed by atoms with Gasteiger partial charge >= 0.3 is 0 Å². The Morgan fingerprint density at radius 1 is 1.22 bits per heavy atom. The van der Waals surface area contributed by atoms with Gasteiger partial charge in [-0.3, -0.25) is 4.79 Å². The Balaban J connectivity index is 1.87. The monoisotopic (exact) mass is 275 g/mol. The minimum absolute atomic E-state index is 0.0380. The quantitative estimate of drug-likeness (QED) is 0.713. The zero-order valence-corrected chi connectivity index (χ0v) is 11.7. The van der Waals surface area contributed by atoms with Crippen molar-refractivity contribution >= 4 is 15.9 Å². The predicted molar refractivity (Wildman–Crippen MR) is 68.5 cm³/mol. The van der Waals surface area contributed by atoms with Gasteiger partial charge in [-0.1, -0.05) is 6.92 Å². The molecule has 2 saturated heterocycles. The molecule has 0 aromatic rings. The minimum Gasteiger partial charge on any atom is -0.340 e. The van der Waals surface area contributed by atoms with Crippen LogP contribution >= 0.6 is 0 Å². The van der Waals surface area contributed by atoms with Crippen molar-refractivity contribution < 1.29 is 13.2 Å². The highest BCUT2D eigenvalue weighted by Crippen LogP contribution is 2.19. The Bertz CT molecular complexity index is 411. The van der Waals surface area contributed by atoms with Gasteiger partial charge in [-0.15, -0.1) is 0 Å². The number of amides is 1. The molecule has 2 heterocycles. The Labute approximate surface area is 108 Å². The van der Waals surface area contributed by atoms with Crippen molar-refractivity contribution in [3.63, 3.8) is 0 Å². The van der Waals surface area contributed by atoms with Crippen LogP contribution in [0.5, 0.6) is 0 Å². The number of sulfonamides is 1. The molecule has 7 heteroatoms. The normalized spacial score (nSPS) is 24.7. The van der Waals surface area contributed by atoms with Gasteiger partial charge in [0.25, 0.3) is 0 Å². The maximum atomic E-state index is 12.2. The number of carbonyl (C=O) groups excluding carboxylic acids is 1. The summed E-state index contributed by atoms with van der Waals surface area (Å²) in [6.45, 7) is 5.65. The first-order chi connectivity index (χ1) is 8.39. The lowest BCUT2D eigenvalue weighted by atomic mass is 9.88. The van der Waals surface area contributed by atoms with Crippen LogP contribution in [0.1, 0.15) is 6.92 Å². The first-order valence-corrected chi connectivity index (χ1v) is 8.19. The van der Waals surface area contributed by atoms with E-state index in [1.807, 2.05) is 6.92 Å². The molecule has 0 radical (unpaired) electrons. The summed E-state index contributed by atoms with van der Waals surface area (Å²) in [6, 6.07) is 0. The van der Waals surface area contributed by atoms with Crippen molar-refractivity contribution in [2.24, 2.45) is 11.8 Å². The van der Waals surface area contributed by atoms with E-state index in [9.17, 15) is 13.2 Å². The Morgan fingerprint density at radius 2 is 1.78 bits per heavy atom. The lowest BCUT2D eigenvalue weighted by Gasteiger charge is -2.38. The third kappa shape index (κ3) is 2.84. The fourth-order valence-corrected chi connectivity index (χ4v) is 3.22. The summed E-state index contributed by atoms with van der Waals surface area (Å²) in [5.41, 5.74) is 0. The zero-order valence-electron chi connectivity index (χ0n) is 10.9. The molecule has 0 aromatic carbocycles. The van der Waals surface area contributed by atoms with Crippen molar-refractivity contribution in [2.45, 2.75) is 6.92 Å². The number of nitrogens with zero attached hydrogens (tertiary/aromatic N) is 2. The molecule has 1 amide bonds. The zero-order chi connectivity index (χ0) is 13.3. The lowest BCUT2D eigenvalue weighted by molar-refractivity contribution is -0.138. The third-order valence-corrected chi connectivity index (χ3v) is 5.23. The fraction of sp³-hybridized carbons (Fsp3) is 0.909. The van der Waals surface area contributed by atoms with E-state index in [2.05, 4.69) is 5.32 Å². The smallest absolute Gasteiger partial charge is 0.225 e. The average molecular weight is 275 g/mol. The summed E-state index contributed by atoms with van der Waals surface area (Å²) in [4.78, 5) is 14.0. The van der Waals surface area contributed by atoms with E-state index < -0.39 is 10.0 Å². The van der Waals surface area contributed by atoms with Crippen molar-refractivity contribution in [3.8, 4) is 0 Å². The standard InChI is InChI=1S/C11H21N3O3S/c1-9(10-7-12-8-10)11(15)13-3-5-14(6-4-13)18(2,16)17/h9-10,12H,3-8H2,1-2H3. The molecule has 1 unspecified atom stereocenters. The molecule has 0 spiro atoms. The van der Waals surface area contributed by atoms with Crippen LogP contribution in [0.4, 0.5) is 0 Å². The summed E-state index contributed by atoms with van der Waals surface area (Å²) >= 11 is 0. The largest absolute Gasteiger partial charge is 0.340 e. The van der Waals surface area contributed by atoms with Gasteiger partial charge < -0.3 is 10.2 Å². The van der Waals surface area contributed by atoms with E-state index in [4.69, 9.17) is 0 Å². The van der Waals surface area contributed by atoms with Crippen LogP contribution in [-0.4, -0.2) is 69.1 Å². The number of nitrogens with one attached hydrogen (secondary N) is 1. The minimum atomic E-state index is -3.12. The van der Waals surface area contributed by atoms with E-state index in [1.165, 1.54) is 10.6 Å². The van der Waals surface area contributed by atoms with Gasteiger partial charge in [0.05, 0.1) is 6.26 Å². The van der Waals surface area contributed by atoms with E-state index in [-0.39, 0.29) is 11.8 Å². The maximum Gasteiger partial charge on any atom is 0.225 e. The molecule has 6 nitrogen and oxygen atoms in total. The number of hydrogen-bond donors (Lipinski definition) is 1. The summed E-state index contributed by atoms with van der Waals surface area (Å²) in [5.74, 6) is 0.635. The van der Waals surface area contributed by atoms with Crippen molar-refractivity contribution in [1.82, 2.24) is 14.5 Å². The Morgan fingerprint density at radius 3 is 2.17 bits per heavy atom. The predicted octanol–water partition coefficient (Wildman–Crippen LogP) is -1.05. The first kappa shape index (κ1) is 13.8. The van der Waals surface area contributed by atoms with Gasteiger partial charge in [0.2, 0.25) is 15.9 Å². The van der Waals surface area contributed by atoms with Gasteiger partial charge in [0, 0.05) is 32.1 Å². The van der Waals surface area contributed by atoms with Gasteiger partial charge in [0.1, 0.15) is 0 Å². The summed E-state index contributed by atoms with van der Waals surface area (Å²) in [5, 5.41) is 3.17. The summed E-state index contributed by atoms with van der Waals surface area (Å²) in [7, 11) is -3.12. The molecule has 0 saturated carbocycles. The molecular formula is C11H21N3O3S. The summed E-state index contributed by atoms with van der Waals surface area (Å²) < 4.78 is 24.2. The highest BCUT2D eigenvalue weighted by atomic mass is 32.2. The van der Waals surface area contributed by atoms with Crippen LogP contribution in [-0.2, 0) is 14.8 Å². The van der Waals surface area contributed by atoms with E-state index in [1.54, 1.807) is 4.90 Å². The van der Waals surface area contributed by atoms with Crippen LogP contribution < -0.4 is 5.32 Å². The third-order valence-electron chi connectivity index (χ3n) is 3.93. The van der Waals surface area contributed by atoms with Crippen LogP contribution in [0.3, 0.4) is 0 Å². The number of carbonyl (C=O) groups is 1. The first-order valence-electron chi connectivity index (χ1n) is 6.34. The molecule has 0 aromatic heterocycles. The van der Waals surface area contributed by atoms with Gasteiger partial charge in [0.15, 0.2) is 0 Å². The van der Waals surface area contributed by atoms with Crippen LogP contribution in [0.15, 0.2) is 0 Å². The summed E-state index contributed by atoms with van der Waals surface area (Å²) in [6.07, 6.45) is 1.22. The molecule has 104 valence electrons. The molecule has 18 heavy (non-hydrogen) atoms. The van der Waals surface area contributed by atoms with Crippen LogP contribution in [0.25, 0.3) is 0 Å². The molecule has 1 N–H and O–H groups in total. The second kappa shape index (κ2) is 5.14. The van der Waals surface area contributed by atoms with Gasteiger partial charge in [-0.05, 0) is 19.0 Å². The highest BCUT2D eigenvalue weighted by Gasteiger charge is 2.33. The van der Waals surface area contributed by atoms with E-state index in [0.29, 0.717) is 32.1 Å². The number of rotatable bonds is 3. The number of piperazine rings is 1. The molecule has 2 rings (SSSR count). The fourth-order valence-electron chi connectivity index (χ4n) is 2.39. The second-order valence-corrected chi connectivity index (χ2v) is 7.18. The molecular weight excluding hydrogens is 254 g/mol. The molecule has 0 aliphatic carbocycles. The number of hydrogen-bond acceptors (Lipinski definition) is 4. The van der Waals surface area contributed by atoms with E-state index in [0.717, 1.165) is 13.1 Å². The van der Waals surface area contributed by atoms with Crippen molar-refractivity contribution in [1.29, 1.82) is 0 Å². The van der Waals surface area contributed by atoms with E-state index >= 15 is 0 Å². The van der Waals surface area contributed by atoms with Crippen molar-refractivity contribution in [3.05, 3.63) is 0 Å². The second-order valence-electron chi connectivity index (χ2n) is 5.19. The van der Waals surface area contributed by atoms with Gasteiger partial charge in [-0.25, -0.2) is 8.42 Å². The average Bonchev–Trinajstić information content (AvgIpc) is 2.24. The van der Waals surface area contributed by atoms with Crippen LogP contribution in [0, 0.1) is 11.8 Å². The SMILES string of the molecule is CC(C(=O)N1CCN(S(C)(=O)=O)CC1)C1CNC1. The van der Waals surface area contributed by atoms with Crippen molar-refractivity contribution in [2.75, 3.05) is 45.5 Å². The van der Waals surface area contributed by atoms with Crippen LogP contribution in [0.2, 0.25) is 0 Å². The molecule has 2 fully saturated rings.